The molecule has 0 saturated carbocycles. The standard InChI is InChI=1S/C17H18ClFN2O3S/c1-12-7-8-13(18)11-15(12)20-17(22)9-10-21(25(2,23)24)16-6-4-3-5-14(16)19/h3-8,11H,9-10H2,1-2H3,(H,20,22). The highest BCUT2D eigenvalue weighted by Gasteiger charge is 2.21. The summed E-state index contributed by atoms with van der Waals surface area (Å²) in [5, 5.41) is 3.16. The van der Waals surface area contributed by atoms with E-state index < -0.39 is 21.7 Å². The third-order valence-electron chi connectivity index (χ3n) is 3.54. The van der Waals surface area contributed by atoms with Crippen molar-refractivity contribution < 1.29 is 17.6 Å². The SMILES string of the molecule is Cc1ccc(Cl)cc1NC(=O)CCN(c1ccccc1F)S(C)(=O)=O. The molecule has 134 valence electrons. The van der Waals surface area contributed by atoms with Gasteiger partial charge < -0.3 is 5.32 Å². The number of hydrogen-bond acceptors (Lipinski definition) is 3. The van der Waals surface area contributed by atoms with E-state index in [9.17, 15) is 17.6 Å². The van der Waals surface area contributed by atoms with Gasteiger partial charge in [-0.05, 0) is 36.8 Å². The number of hydrogen-bond donors (Lipinski definition) is 1. The highest BCUT2D eigenvalue weighted by atomic mass is 35.5. The molecule has 0 atom stereocenters. The molecule has 0 aliphatic heterocycles. The summed E-state index contributed by atoms with van der Waals surface area (Å²) < 4.78 is 38.7. The van der Waals surface area contributed by atoms with E-state index in [1.54, 1.807) is 18.2 Å². The van der Waals surface area contributed by atoms with E-state index in [1.807, 2.05) is 6.92 Å². The number of carbonyl (C=O) groups is 1. The number of carbonyl (C=O) groups excluding carboxylic acids is 1. The van der Waals surface area contributed by atoms with E-state index in [-0.39, 0.29) is 18.7 Å². The highest BCUT2D eigenvalue weighted by molar-refractivity contribution is 7.92. The summed E-state index contributed by atoms with van der Waals surface area (Å²) in [6.07, 6.45) is 0.839. The second-order valence-corrected chi connectivity index (χ2v) is 7.89. The molecule has 0 aliphatic carbocycles. The van der Waals surface area contributed by atoms with Gasteiger partial charge in [-0.25, -0.2) is 12.8 Å². The second-order valence-electron chi connectivity index (χ2n) is 5.54. The molecule has 0 saturated heterocycles. The maximum absolute atomic E-state index is 13.9. The first kappa shape index (κ1) is 19.2. The van der Waals surface area contributed by atoms with E-state index >= 15 is 0 Å². The lowest BCUT2D eigenvalue weighted by atomic mass is 10.2. The fourth-order valence-corrected chi connectivity index (χ4v) is 3.36. The predicted octanol–water partition coefficient (Wildman–Crippen LogP) is 3.58. The van der Waals surface area contributed by atoms with Crippen LogP contribution in [0, 0.1) is 12.7 Å². The maximum atomic E-state index is 13.9. The van der Waals surface area contributed by atoms with Crippen molar-refractivity contribution in [1.29, 1.82) is 0 Å². The van der Waals surface area contributed by atoms with Gasteiger partial charge in [0.2, 0.25) is 15.9 Å². The zero-order valence-corrected chi connectivity index (χ0v) is 15.4. The predicted molar refractivity (Wildman–Crippen MR) is 98.0 cm³/mol. The average Bonchev–Trinajstić information content (AvgIpc) is 2.51. The third kappa shape index (κ3) is 5.17. The van der Waals surface area contributed by atoms with Gasteiger partial charge in [0.15, 0.2) is 0 Å². The molecule has 0 unspecified atom stereocenters. The Balaban J connectivity index is 2.12. The number of nitrogens with zero attached hydrogens (tertiary/aromatic N) is 1. The largest absolute Gasteiger partial charge is 0.326 e. The number of para-hydroxylation sites is 1. The monoisotopic (exact) mass is 384 g/mol. The van der Waals surface area contributed by atoms with Crippen LogP contribution in [0.4, 0.5) is 15.8 Å². The number of amides is 1. The van der Waals surface area contributed by atoms with Crippen LogP contribution in [0.2, 0.25) is 5.02 Å². The highest BCUT2D eigenvalue weighted by Crippen LogP contribution is 2.23. The first-order chi connectivity index (χ1) is 11.7. The first-order valence-electron chi connectivity index (χ1n) is 7.47. The van der Waals surface area contributed by atoms with Gasteiger partial charge in [0, 0.05) is 23.7 Å². The van der Waals surface area contributed by atoms with Crippen molar-refractivity contribution in [1.82, 2.24) is 0 Å². The maximum Gasteiger partial charge on any atom is 0.232 e. The van der Waals surface area contributed by atoms with Gasteiger partial charge in [0.1, 0.15) is 5.82 Å². The van der Waals surface area contributed by atoms with E-state index in [0.29, 0.717) is 10.7 Å². The number of rotatable bonds is 6. The molecule has 0 aromatic heterocycles. The van der Waals surface area contributed by atoms with E-state index in [2.05, 4.69) is 5.32 Å². The molecule has 0 aliphatic rings. The molecule has 2 aromatic carbocycles. The van der Waals surface area contributed by atoms with Gasteiger partial charge in [-0.1, -0.05) is 29.8 Å². The molecule has 5 nitrogen and oxygen atoms in total. The smallest absolute Gasteiger partial charge is 0.232 e. The minimum Gasteiger partial charge on any atom is -0.326 e. The molecular weight excluding hydrogens is 367 g/mol. The van der Waals surface area contributed by atoms with Gasteiger partial charge in [0.25, 0.3) is 0 Å². The zero-order valence-electron chi connectivity index (χ0n) is 13.8. The molecule has 1 amide bonds. The van der Waals surface area contributed by atoms with Crippen LogP contribution in [0.15, 0.2) is 42.5 Å². The molecule has 25 heavy (non-hydrogen) atoms. The Morgan fingerprint density at radius 1 is 1.24 bits per heavy atom. The minimum absolute atomic E-state index is 0.0864. The van der Waals surface area contributed by atoms with Gasteiger partial charge in [-0.15, -0.1) is 0 Å². The molecule has 8 heteroatoms. The summed E-state index contributed by atoms with van der Waals surface area (Å²) in [7, 11) is -3.73. The molecule has 0 fully saturated rings. The van der Waals surface area contributed by atoms with Gasteiger partial charge in [0.05, 0.1) is 11.9 Å². The van der Waals surface area contributed by atoms with Crippen molar-refractivity contribution >= 4 is 38.9 Å². The van der Waals surface area contributed by atoms with Crippen molar-refractivity contribution in [3.05, 3.63) is 58.9 Å². The molecular formula is C17H18ClFN2O3S. The minimum atomic E-state index is -3.73. The Bertz CT molecular complexity index is 887. The number of aryl methyl sites for hydroxylation is 1. The van der Waals surface area contributed by atoms with Crippen LogP contribution in [-0.2, 0) is 14.8 Å². The molecule has 0 spiro atoms. The summed E-state index contributed by atoms with van der Waals surface area (Å²) in [6.45, 7) is 1.64. The Morgan fingerprint density at radius 2 is 1.92 bits per heavy atom. The molecule has 0 radical (unpaired) electrons. The van der Waals surface area contributed by atoms with Crippen LogP contribution in [0.25, 0.3) is 0 Å². The fourth-order valence-electron chi connectivity index (χ4n) is 2.26. The van der Waals surface area contributed by atoms with Crippen molar-refractivity contribution in [3.8, 4) is 0 Å². The quantitative estimate of drug-likeness (QED) is 0.827. The van der Waals surface area contributed by atoms with E-state index in [4.69, 9.17) is 11.6 Å². The first-order valence-corrected chi connectivity index (χ1v) is 9.69. The van der Waals surface area contributed by atoms with Crippen LogP contribution in [0.5, 0.6) is 0 Å². The summed E-state index contributed by atoms with van der Waals surface area (Å²) in [5.74, 6) is -1.06. The van der Waals surface area contributed by atoms with Gasteiger partial charge in [-0.2, -0.15) is 0 Å². The average molecular weight is 385 g/mol. The molecule has 2 aromatic rings. The normalized spacial score (nSPS) is 11.2. The molecule has 1 N–H and O–H groups in total. The van der Waals surface area contributed by atoms with Crippen molar-refractivity contribution in [2.75, 3.05) is 22.4 Å². The lowest BCUT2D eigenvalue weighted by Crippen LogP contribution is -2.33. The van der Waals surface area contributed by atoms with Crippen LogP contribution in [0.1, 0.15) is 12.0 Å². The van der Waals surface area contributed by atoms with Gasteiger partial charge in [-0.3, -0.25) is 9.10 Å². The summed E-state index contributed by atoms with van der Waals surface area (Å²) in [6, 6.07) is 10.6. The Morgan fingerprint density at radius 3 is 2.56 bits per heavy atom. The number of halogens is 2. The number of anilines is 2. The molecule has 0 heterocycles. The Hall–Kier alpha value is -2.12. The Labute approximate surface area is 151 Å². The molecule has 0 bridgehead atoms. The topological polar surface area (TPSA) is 66.5 Å². The van der Waals surface area contributed by atoms with Crippen LogP contribution in [-0.4, -0.2) is 27.1 Å². The number of sulfonamides is 1. The summed E-state index contributed by atoms with van der Waals surface area (Å²) in [4.78, 5) is 12.2. The van der Waals surface area contributed by atoms with Crippen molar-refractivity contribution in [2.24, 2.45) is 0 Å². The lowest BCUT2D eigenvalue weighted by Gasteiger charge is -2.22. The lowest BCUT2D eigenvalue weighted by molar-refractivity contribution is -0.116. The van der Waals surface area contributed by atoms with Crippen LogP contribution >= 0.6 is 11.6 Å². The van der Waals surface area contributed by atoms with Crippen LogP contribution < -0.4 is 9.62 Å². The van der Waals surface area contributed by atoms with E-state index in [1.165, 1.54) is 24.3 Å². The van der Waals surface area contributed by atoms with Crippen LogP contribution in [0.3, 0.4) is 0 Å². The Kier molecular flexibility index (Phi) is 6.02. The second kappa shape index (κ2) is 7.84. The number of benzene rings is 2. The third-order valence-corrected chi connectivity index (χ3v) is 4.95. The summed E-state index contributed by atoms with van der Waals surface area (Å²) >= 11 is 5.90. The summed E-state index contributed by atoms with van der Waals surface area (Å²) in [5.41, 5.74) is 1.29. The van der Waals surface area contributed by atoms with Crippen molar-refractivity contribution in [2.45, 2.75) is 13.3 Å². The zero-order chi connectivity index (χ0) is 18.6. The van der Waals surface area contributed by atoms with E-state index in [0.717, 1.165) is 16.1 Å². The fraction of sp³-hybridized carbons (Fsp3) is 0.235. The number of nitrogens with one attached hydrogen (secondary N) is 1. The van der Waals surface area contributed by atoms with Gasteiger partial charge >= 0.3 is 0 Å². The van der Waals surface area contributed by atoms with Crippen molar-refractivity contribution in [3.63, 3.8) is 0 Å². The molecule has 2 rings (SSSR count).